The Kier molecular flexibility index (Phi) is 3.30. The van der Waals surface area contributed by atoms with Gasteiger partial charge in [0.2, 0.25) is 0 Å². The summed E-state index contributed by atoms with van der Waals surface area (Å²) in [5.41, 5.74) is 6.05. The molecule has 4 heteroatoms. The van der Waals surface area contributed by atoms with Gasteiger partial charge in [0.15, 0.2) is 11.6 Å². The van der Waals surface area contributed by atoms with Gasteiger partial charge in [0, 0.05) is 12.1 Å². The van der Waals surface area contributed by atoms with E-state index < -0.39 is 5.82 Å². The Hall–Kier alpha value is -1.29. The molecule has 0 heterocycles. The van der Waals surface area contributed by atoms with Crippen LogP contribution in [0.4, 0.5) is 4.39 Å². The van der Waals surface area contributed by atoms with Crippen molar-refractivity contribution in [1.29, 1.82) is 0 Å². The van der Waals surface area contributed by atoms with E-state index in [1.54, 1.807) is 6.92 Å². The highest BCUT2D eigenvalue weighted by Crippen LogP contribution is 2.27. The zero-order valence-corrected chi connectivity index (χ0v) is 8.25. The maximum Gasteiger partial charge on any atom is 0.165 e. The van der Waals surface area contributed by atoms with Gasteiger partial charge in [-0.05, 0) is 25.0 Å². The van der Waals surface area contributed by atoms with Gasteiger partial charge in [-0.25, -0.2) is 4.39 Å². The molecular weight excluding hydrogens is 185 g/mol. The molecule has 0 aromatic heterocycles. The number of nitrogens with two attached hydrogens (primary N) is 1. The van der Waals surface area contributed by atoms with Crippen LogP contribution in [-0.4, -0.2) is 18.3 Å². The summed E-state index contributed by atoms with van der Waals surface area (Å²) < 4.78 is 17.9. The van der Waals surface area contributed by atoms with Gasteiger partial charge in [-0.1, -0.05) is 0 Å². The molecule has 3 nitrogen and oxygen atoms in total. The van der Waals surface area contributed by atoms with Crippen molar-refractivity contribution in [3.05, 3.63) is 23.5 Å². The first-order chi connectivity index (χ1) is 6.54. The second-order valence-electron chi connectivity index (χ2n) is 3.30. The number of halogens is 1. The van der Waals surface area contributed by atoms with E-state index in [1.165, 1.54) is 19.2 Å². The van der Waals surface area contributed by atoms with Crippen LogP contribution in [0.1, 0.15) is 12.5 Å². The Morgan fingerprint density at radius 2 is 2.21 bits per heavy atom. The summed E-state index contributed by atoms with van der Waals surface area (Å²) in [4.78, 5) is 0. The minimum absolute atomic E-state index is 0.0144. The van der Waals surface area contributed by atoms with Crippen molar-refractivity contribution in [2.24, 2.45) is 5.73 Å². The summed E-state index contributed by atoms with van der Waals surface area (Å²) in [6.45, 7) is 1.79. The summed E-state index contributed by atoms with van der Waals surface area (Å²) in [6, 6.07) is 2.39. The van der Waals surface area contributed by atoms with E-state index in [0.717, 1.165) is 0 Å². The van der Waals surface area contributed by atoms with Crippen LogP contribution in [0.15, 0.2) is 12.1 Å². The van der Waals surface area contributed by atoms with Crippen molar-refractivity contribution in [1.82, 2.24) is 0 Å². The fraction of sp³-hybridized carbons (Fsp3) is 0.400. The fourth-order valence-electron chi connectivity index (χ4n) is 1.25. The van der Waals surface area contributed by atoms with Crippen LogP contribution in [0.5, 0.6) is 11.5 Å². The minimum Gasteiger partial charge on any atom is -0.508 e. The normalized spacial score (nSPS) is 12.6. The van der Waals surface area contributed by atoms with Crippen molar-refractivity contribution in [3.8, 4) is 11.5 Å². The zero-order chi connectivity index (χ0) is 10.7. The monoisotopic (exact) mass is 199 g/mol. The lowest BCUT2D eigenvalue weighted by molar-refractivity contribution is 0.378. The maximum atomic E-state index is 13.2. The van der Waals surface area contributed by atoms with Crippen molar-refractivity contribution in [2.45, 2.75) is 19.4 Å². The highest BCUT2D eigenvalue weighted by Gasteiger charge is 2.10. The first kappa shape index (κ1) is 10.8. The van der Waals surface area contributed by atoms with Gasteiger partial charge in [-0.2, -0.15) is 0 Å². The second kappa shape index (κ2) is 4.28. The summed E-state index contributed by atoms with van der Waals surface area (Å²) >= 11 is 0. The number of benzene rings is 1. The van der Waals surface area contributed by atoms with E-state index in [2.05, 4.69) is 0 Å². The van der Waals surface area contributed by atoms with Crippen molar-refractivity contribution in [2.75, 3.05) is 7.11 Å². The molecule has 0 aliphatic carbocycles. The smallest absolute Gasteiger partial charge is 0.165 e. The SMILES string of the molecule is COc1cc(O)c(CC(C)N)cc1F. The molecule has 0 radical (unpaired) electrons. The molecule has 1 aromatic carbocycles. The number of phenols is 1. The Morgan fingerprint density at radius 1 is 1.57 bits per heavy atom. The van der Waals surface area contributed by atoms with Crippen LogP contribution >= 0.6 is 0 Å². The molecule has 0 fully saturated rings. The number of hydrogen-bond acceptors (Lipinski definition) is 3. The molecule has 0 saturated carbocycles. The quantitative estimate of drug-likeness (QED) is 0.774. The molecule has 14 heavy (non-hydrogen) atoms. The summed E-state index contributed by atoms with van der Waals surface area (Å²) in [5, 5.41) is 9.49. The summed E-state index contributed by atoms with van der Waals surface area (Å²) in [5.74, 6) is -0.433. The van der Waals surface area contributed by atoms with E-state index in [-0.39, 0.29) is 17.5 Å². The van der Waals surface area contributed by atoms with Crippen LogP contribution in [0, 0.1) is 5.82 Å². The van der Waals surface area contributed by atoms with Gasteiger partial charge >= 0.3 is 0 Å². The predicted molar refractivity (Wildman–Crippen MR) is 52.0 cm³/mol. The van der Waals surface area contributed by atoms with Gasteiger partial charge in [-0.3, -0.25) is 0 Å². The first-order valence-electron chi connectivity index (χ1n) is 4.35. The fourth-order valence-corrected chi connectivity index (χ4v) is 1.25. The van der Waals surface area contributed by atoms with Gasteiger partial charge in [-0.15, -0.1) is 0 Å². The lowest BCUT2D eigenvalue weighted by Gasteiger charge is -2.09. The molecule has 0 saturated heterocycles. The van der Waals surface area contributed by atoms with Crippen LogP contribution in [0.3, 0.4) is 0 Å². The van der Waals surface area contributed by atoms with Crippen LogP contribution in [0.25, 0.3) is 0 Å². The molecule has 1 rings (SSSR count). The molecule has 0 spiro atoms. The largest absolute Gasteiger partial charge is 0.508 e. The molecule has 0 amide bonds. The molecule has 3 N–H and O–H groups in total. The van der Waals surface area contributed by atoms with E-state index in [0.29, 0.717) is 12.0 Å². The van der Waals surface area contributed by atoms with Crippen LogP contribution in [-0.2, 0) is 6.42 Å². The van der Waals surface area contributed by atoms with E-state index in [9.17, 15) is 9.50 Å². The third-order valence-corrected chi connectivity index (χ3v) is 1.89. The average Bonchev–Trinajstić information content (AvgIpc) is 2.10. The van der Waals surface area contributed by atoms with Gasteiger partial charge in [0.1, 0.15) is 5.75 Å². The van der Waals surface area contributed by atoms with Crippen LogP contribution in [0.2, 0.25) is 0 Å². The Morgan fingerprint density at radius 3 is 2.71 bits per heavy atom. The minimum atomic E-state index is -0.485. The van der Waals surface area contributed by atoms with Gasteiger partial charge < -0.3 is 15.6 Å². The van der Waals surface area contributed by atoms with Crippen LogP contribution < -0.4 is 10.5 Å². The number of methoxy groups -OCH3 is 1. The number of hydrogen-bond donors (Lipinski definition) is 2. The standard InChI is InChI=1S/C10H14FNO2/c1-6(12)3-7-4-8(11)10(14-2)5-9(7)13/h4-6,13H,3,12H2,1-2H3. The average molecular weight is 199 g/mol. The second-order valence-corrected chi connectivity index (χ2v) is 3.30. The lowest BCUT2D eigenvalue weighted by Crippen LogP contribution is -2.17. The topological polar surface area (TPSA) is 55.5 Å². The predicted octanol–water partition coefficient (Wildman–Crippen LogP) is 1.43. The molecular formula is C10H14FNO2. The van der Waals surface area contributed by atoms with Gasteiger partial charge in [0.05, 0.1) is 7.11 Å². The Bertz CT molecular complexity index is 326. The van der Waals surface area contributed by atoms with Crippen molar-refractivity contribution >= 4 is 0 Å². The lowest BCUT2D eigenvalue weighted by atomic mass is 10.1. The first-order valence-corrected chi connectivity index (χ1v) is 4.35. The molecule has 0 aliphatic heterocycles. The third-order valence-electron chi connectivity index (χ3n) is 1.89. The Labute approximate surface area is 82.3 Å². The van der Waals surface area contributed by atoms with Crippen molar-refractivity contribution < 1.29 is 14.2 Å². The van der Waals surface area contributed by atoms with E-state index in [1.807, 2.05) is 0 Å². The number of phenolic OH excluding ortho intramolecular Hbond substituents is 1. The van der Waals surface area contributed by atoms with Crippen molar-refractivity contribution in [3.63, 3.8) is 0 Å². The van der Waals surface area contributed by atoms with E-state index >= 15 is 0 Å². The summed E-state index contributed by atoms with van der Waals surface area (Å²) in [7, 11) is 1.35. The number of rotatable bonds is 3. The van der Waals surface area contributed by atoms with Gasteiger partial charge in [0.25, 0.3) is 0 Å². The third kappa shape index (κ3) is 2.35. The van der Waals surface area contributed by atoms with E-state index in [4.69, 9.17) is 10.5 Å². The molecule has 0 aliphatic rings. The maximum absolute atomic E-state index is 13.2. The molecule has 0 bridgehead atoms. The molecule has 1 unspecified atom stereocenters. The molecule has 1 atom stereocenters. The number of aromatic hydroxyl groups is 1. The Balaban J connectivity index is 3.02. The number of ether oxygens (including phenoxy) is 1. The molecule has 1 aromatic rings. The highest BCUT2D eigenvalue weighted by atomic mass is 19.1. The zero-order valence-electron chi connectivity index (χ0n) is 8.25. The highest BCUT2D eigenvalue weighted by molar-refractivity contribution is 5.41. The summed E-state index contributed by atoms with van der Waals surface area (Å²) in [6.07, 6.45) is 0.437. The molecule has 78 valence electrons.